The van der Waals surface area contributed by atoms with Crippen molar-refractivity contribution in [2.75, 3.05) is 12.4 Å². The molecule has 7 heteroatoms. The molecule has 1 aromatic heterocycles. The van der Waals surface area contributed by atoms with Gasteiger partial charge in [-0.2, -0.15) is 4.68 Å². The van der Waals surface area contributed by atoms with Crippen molar-refractivity contribution in [3.8, 4) is 11.4 Å². The van der Waals surface area contributed by atoms with Crippen molar-refractivity contribution in [1.82, 2.24) is 20.2 Å². The number of thioether (sulfide) groups is 1. The van der Waals surface area contributed by atoms with E-state index in [4.69, 9.17) is 4.74 Å². The zero-order valence-electron chi connectivity index (χ0n) is 15.0. The minimum Gasteiger partial charge on any atom is -0.494 e. The van der Waals surface area contributed by atoms with Crippen molar-refractivity contribution in [2.24, 2.45) is 0 Å². The molecule has 26 heavy (non-hydrogen) atoms. The quantitative estimate of drug-likeness (QED) is 0.468. The summed E-state index contributed by atoms with van der Waals surface area (Å²) in [6.07, 6.45) is 0. The van der Waals surface area contributed by atoms with E-state index in [-0.39, 0.29) is 11.5 Å². The monoisotopic (exact) mass is 368 g/mol. The molecule has 0 aliphatic carbocycles. The van der Waals surface area contributed by atoms with Gasteiger partial charge in [0.15, 0.2) is 5.78 Å². The van der Waals surface area contributed by atoms with Gasteiger partial charge in [-0.15, -0.1) is 5.10 Å². The largest absolute Gasteiger partial charge is 0.494 e. The van der Waals surface area contributed by atoms with E-state index in [0.29, 0.717) is 11.8 Å². The highest BCUT2D eigenvalue weighted by molar-refractivity contribution is 7.99. The van der Waals surface area contributed by atoms with Crippen LogP contribution in [0.4, 0.5) is 0 Å². The van der Waals surface area contributed by atoms with Gasteiger partial charge in [-0.1, -0.05) is 29.5 Å². The van der Waals surface area contributed by atoms with Gasteiger partial charge < -0.3 is 4.74 Å². The summed E-state index contributed by atoms with van der Waals surface area (Å²) in [7, 11) is 0. The standard InChI is InChI=1S/C19H20N4O2S/c1-4-25-16-9-7-15(8-10-16)23-19(20-21-22-23)26-12-18(24)17-11-13(2)5-6-14(17)3/h5-11H,4,12H2,1-3H3. The molecule has 0 amide bonds. The summed E-state index contributed by atoms with van der Waals surface area (Å²) in [6.45, 7) is 6.49. The highest BCUT2D eigenvalue weighted by Crippen LogP contribution is 2.22. The minimum atomic E-state index is 0.0671. The van der Waals surface area contributed by atoms with Crippen LogP contribution in [0.25, 0.3) is 5.69 Å². The molecule has 0 unspecified atom stereocenters. The lowest BCUT2D eigenvalue weighted by molar-refractivity contribution is 0.102. The normalized spacial score (nSPS) is 10.7. The third kappa shape index (κ3) is 4.11. The Kier molecular flexibility index (Phi) is 5.68. The highest BCUT2D eigenvalue weighted by Gasteiger charge is 2.14. The lowest BCUT2D eigenvalue weighted by Gasteiger charge is -2.07. The third-order valence-corrected chi connectivity index (χ3v) is 4.78. The summed E-state index contributed by atoms with van der Waals surface area (Å²) in [5.74, 6) is 1.14. The summed E-state index contributed by atoms with van der Waals surface area (Å²) in [4.78, 5) is 12.6. The maximum atomic E-state index is 12.6. The number of carbonyl (C=O) groups excluding carboxylic acids is 1. The Hall–Kier alpha value is -2.67. The first kappa shape index (κ1) is 18.1. The molecule has 0 radical (unpaired) electrons. The van der Waals surface area contributed by atoms with Crippen LogP contribution in [-0.4, -0.2) is 38.4 Å². The molecular formula is C19H20N4O2S. The molecule has 0 fully saturated rings. The number of hydrogen-bond acceptors (Lipinski definition) is 6. The molecule has 0 spiro atoms. The number of rotatable bonds is 7. The molecule has 0 aliphatic rings. The number of aryl methyl sites for hydroxylation is 2. The van der Waals surface area contributed by atoms with Crippen molar-refractivity contribution in [1.29, 1.82) is 0 Å². The highest BCUT2D eigenvalue weighted by atomic mass is 32.2. The average molecular weight is 368 g/mol. The van der Waals surface area contributed by atoms with Crippen LogP contribution in [0.5, 0.6) is 5.75 Å². The number of benzene rings is 2. The van der Waals surface area contributed by atoms with Gasteiger partial charge in [0.2, 0.25) is 5.16 Å². The van der Waals surface area contributed by atoms with E-state index in [0.717, 1.165) is 28.1 Å². The maximum Gasteiger partial charge on any atom is 0.214 e. The molecule has 0 saturated heterocycles. The summed E-state index contributed by atoms with van der Waals surface area (Å²) in [5, 5.41) is 12.4. The second-order valence-electron chi connectivity index (χ2n) is 5.83. The number of carbonyl (C=O) groups is 1. The Morgan fingerprint density at radius 2 is 1.92 bits per heavy atom. The van der Waals surface area contributed by atoms with Crippen LogP contribution in [0.1, 0.15) is 28.4 Å². The maximum absolute atomic E-state index is 12.6. The molecule has 0 aliphatic heterocycles. The first-order valence-corrected chi connectivity index (χ1v) is 9.32. The van der Waals surface area contributed by atoms with Crippen molar-refractivity contribution >= 4 is 17.5 Å². The smallest absolute Gasteiger partial charge is 0.214 e. The van der Waals surface area contributed by atoms with Crippen molar-refractivity contribution < 1.29 is 9.53 Å². The topological polar surface area (TPSA) is 69.9 Å². The molecular weight excluding hydrogens is 348 g/mol. The Labute approximate surface area is 156 Å². The molecule has 0 N–H and O–H groups in total. The Morgan fingerprint density at radius 3 is 2.65 bits per heavy atom. The van der Waals surface area contributed by atoms with Crippen LogP contribution < -0.4 is 4.74 Å². The summed E-state index contributed by atoms with van der Waals surface area (Å²) >= 11 is 1.33. The molecule has 0 saturated carbocycles. The summed E-state index contributed by atoms with van der Waals surface area (Å²) in [6, 6.07) is 13.4. The first-order valence-electron chi connectivity index (χ1n) is 8.33. The summed E-state index contributed by atoms with van der Waals surface area (Å²) in [5.41, 5.74) is 3.62. The van der Waals surface area contributed by atoms with E-state index < -0.39 is 0 Å². The molecule has 1 heterocycles. The molecule has 3 aromatic rings. The zero-order valence-corrected chi connectivity index (χ0v) is 15.8. The lowest BCUT2D eigenvalue weighted by atomic mass is 10.0. The van der Waals surface area contributed by atoms with Crippen molar-refractivity contribution in [2.45, 2.75) is 25.9 Å². The molecule has 3 rings (SSSR count). The minimum absolute atomic E-state index is 0.0671. The number of ether oxygens (including phenoxy) is 1. The lowest BCUT2D eigenvalue weighted by Crippen LogP contribution is -2.07. The summed E-state index contributed by atoms with van der Waals surface area (Å²) < 4.78 is 7.07. The van der Waals surface area contributed by atoms with Gasteiger partial charge in [0.1, 0.15) is 5.75 Å². The number of hydrogen-bond donors (Lipinski definition) is 0. The molecule has 6 nitrogen and oxygen atoms in total. The van der Waals surface area contributed by atoms with Gasteiger partial charge in [0.05, 0.1) is 18.0 Å². The Bertz CT molecular complexity index is 906. The van der Waals surface area contributed by atoms with Crippen LogP contribution >= 0.6 is 11.8 Å². The number of nitrogens with zero attached hydrogens (tertiary/aromatic N) is 4. The first-order chi connectivity index (χ1) is 12.6. The van der Waals surface area contributed by atoms with E-state index in [1.807, 2.05) is 63.2 Å². The second kappa shape index (κ2) is 8.14. The van der Waals surface area contributed by atoms with Crippen LogP contribution in [0, 0.1) is 13.8 Å². The number of ketones is 1. The Balaban J connectivity index is 1.73. The van der Waals surface area contributed by atoms with Crippen LogP contribution in [0.3, 0.4) is 0 Å². The van der Waals surface area contributed by atoms with Crippen LogP contribution in [0.15, 0.2) is 47.6 Å². The predicted molar refractivity (Wildman–Crippen MR) is 101 cm³/mol. The third-order valence-electron chi connectivity index (χ3n) is 3.86. The average Bonchev–Trinajstić information content (AvgIpc) is 3.11. The SMILES string of the molecule is CCOc1ccc(-n2nnnc2SCC(=O)c2cc(C)ccc2C)cc1. The molecule has 134 valence electrons. The van der Waals surface area contributed by atoms with E-state index in [1.165, 1.54) is 11.8 Å². The van der Waals surface area contributed by atoms with E-state index in [2.05, 4.69) is 15.5 Å². The molecule has 2 aromatic carbocycles. The fourth-order valence-corrected chi connectivity index (χ4v) is 3.30. The molecule has 0 atom stereocenters. The van der Waals surface area contributed by atoms with Crippen molar-refractivity contribution in [3.63, 3.8) is 0 Å². The van der Waals surface area contributed by atoms with E-state index >= 15 is 0 Å². The van der Waals surface area contributed by atoms with Gasteiger partial charge in [-0.3, -0.25) is 4.79 Å². The van der Waals surface area contributed by atoms with Crippen LogP contribution in [0.2, 0.25) is 0 Å². The van der Waals surface area contributed by atoms with Crippen LogP contribution in [-0.2, 0) is 0 Å². The van der Waals surface area contributed by atoms with Gasteiger partial charge in [-0.25, -0.2) is 0 Å². The number of Topliss-reactive ketones (excluding diaryl/α,β-unsaturated/α-hetero) is 1. The number of aromatic nitrogens is 4. The number of tetrazole rings is 1. The van der Waals surface area contributed by atoms with Gasteiger partial charge in [-0.05, 0) is 67.1 Å². The van der Waals surface area contributed by atoms with Gasteiger partial charge in [0, 0.05) is 5.56 Å². The Morgan fingerprint density at radius 1 is 1.15 bits per heavy atom. The van der Waals surface area contributed by atoms with Gasteiger partial charge in [0.25, 0.3) is 0 Å². The van der Waals surface area contributed by atoms with E-state index in [1.54, 1.807) is 4.68 Å². The fourth-order valence-electron chi connectivity index (χ4n) is 2.53. The molecule has 0 bridgehead atoms. The zero-order chi connectivity index (χ0) is 18.5. The second-order valence-corrected chi connectivity index (χ2v) is 6.77. The van der Waals surface area contributed by atoms with Crippen molar-refractivity contribution in [3.05, 3.63) is 59.2 Å². The predicted octanol–water partition coefficient (Wildman–Crippen LogP) is 3.65. The fraction of sp³-hybridized carbons (Fsp3) is 0.263. The van der Waals surface area contributed by atoms with Gasteiger partial charge >= 0.3 is 0 Å². The van der Waals surface area contributed by atoms with E-state index in [9.17, 15) is 4.79 Å².